The number of benzene rings is 1. The zero-order chi connectivity index (χ0) is 16.0. The highest BCUT2D eigenvalue weighted by Gasteiger charge is 2.69. The summed E-state index contributed by atoms with van der Waals surface area (Å²) in [4.78, 5) is 12.3. The van der Waals surface area contributed by atoms with Crippen LogP contribution in [0.3, 0.4) is 0 Å². The van der Waals surface area contributed by atoms with Crippen molar-refractivity contribution in [3.05, 3.63) is 29.8 Å². The Morgan fingerprint density at radius 2 is 1.86 bits per heavy atom. The fourth-order valence-electron chi connectivity index (χ4n) is 4.14. The van der Waals surface area contributed by atoms with Crippen molar-refractivity contribution in [1.29, 1.82) is 0 Å². The standard InChI is InChI=1S/C16H21NO4S/c1-2-21-15(18)14-13(16(14)9-3-4-10-16)11-5-7-12(8-6-11)22(17,19)20/h5-8,13-14H,2-4,9-10H2,1H3,(H2,17,19,20)/t13-,14+/m0/s1. The summed E-state index contributed by atoms with van der Waals surface area (Å²) >= 11 is 0. The Kier molecular flexibility index (Phi) is 3.77. The van der Waals surface area contributed by atoms with Crippen LogP contribution in [-0.2, 0) is 19.6 Å². The average Bonchev–Trinajstić information content (AvgIpc) is 2.83. The molecule has 0 bridgehead atoms. The lowest BCUT2D eigenvalue weighted by Gasteiger charge is -2.08. The van der Waals surface area contributed by atoms with Gasteiger partial charge in [0.1, 0.15) is 0 Å². The van der Waals surface area contributed by atoms with Crippen LogP contribution in [0.5, 0.6) is 0 Å². The highest BCUT2D eigenvalue weighted by molar-refractivity contribution is 7.89. The highest BCUT2D eigenvalue weighted by Crippen LogP contribution is 2.72. The maximum absolute atomic E-state index is 12.2. The summed E-state index contributed by atoms with van der Waals surface area (Å²) in [5.41, 5.74) is 1.03. The molecule has 2 aliphatic rings. The van der Waals surface area contributed by atoms with Crippen LogP contribution in [0.25, 0.3) is 0 Å². The second kappa shape index (κ2) is 5.35. The van der Waals surface area contributed by atoms with Crippen molar-refractivity contribution >= 4 is 16.0 Å². The number of ether oxygens (including phenoxy) is 1. The van der Waals surface area contributed by atoms with E-state index in [4.69, 9.17) is 9.88 Å². The summed E-state index contributed by atoms with van der Waals surface area (Å²) < 4.78 is 27.9. The first kappa shape index (κ1) is 15.5. The largest absolute Gasteiger partial charge is 0.466 e. The van der Waals surface area contributed by atoms with Gasteiger partial charge >= 0.3 is 5.97 Å². The van der Waals surface area contributed by atoms with E-state index < -0.39 is 10.0 Å². The smallest absolute Gasteiger partial charge is 0.310 e. The zero-order valence-corrected chi connectivity index (χ0v) is 13.4. The van der Waals surface area contributed by atoms with Gasteiger partial charge in [0, 0.05) is 5.92 Å². The molecule has 2 saturated carbocycles. The monoisotopic (exact) mass is 323 g/mol. The second-order valence-electron chi connectivity index (χ2n) is 6.26. The number of hydrogen-bond acceptors (Lipinski definition) is 4. The highest BCUT2D eigenvalue weighted by atomic mass is 32.2. The van der Waals surface area contributed by atoms with Gasteiger partial charge < -0.3 is 4.74 Å². The molecule has 0 aliphatic heterocycles. The van der Waals surface area contributed by atoms with Crippen LogP contribution < -0.4 is 5.14 Å². The van der Waals surface area contributed by atoms with E-state index in [2.05, 4.69) is 0 Å². The minimum Gasteiger partial charge on any atom is -0.466 e. The zero-order valence-electron chi connectivity index (χ0n) is 12.6. The third-order valence-electron chi connectivity index (χ3n) is 5.11. The molecule has 22 heavy (non-hydrogen) atoms. The molecular formula is C16H21NO4S. The van der Waals surface area contributed by atoms with E-state index in [9.17, 15) is 13.2 Å². The summed E-state index contributed by atoms with van der Waals surface area (Å²) in [7, 11) is -3.68. The maximum Gasteiger partial charge on any atom is 0.310 e. The molecular weight excluding hydrogens is 302 g/mol. The van der Waals surface area contributed by atoms with Crippen LogP contribution in [-0.4, -0.2) is 21.0 Å². The van der Waals surface area contributed by atoms with Crippen molar-refractivity contribution in [2.75, 3.05) is 6.61 Å². The van der Waals surface area contributed by atoms with Crippen molar-refractivity contribution in [3.63, 3.8) is 0 Å². The first-order valence-electron chi connectivity index (χ1n) is 7.69. The van der Waals surface area contributed by atoms with E-state index in [1.807, 2.05) is 6.92 Å². The van der Waals surface area contributed by atoms with Crippen LogP contribution in [0.1, 0.15) is 44.1 Å². The van der Waals surface area contributed by atoms with Crippen molar-refractivity contribution in [2.24, 2.45) is 16.5 Å². The van der Waals surface area contributed by atoms with Gasteiger partial charge in [-0.05, 0) is 42.9 Å². The summed E-state index contributed by atoms with van der Waals surface area (Å²) in [5.74, 6) is -0.0659. The fourth-order valence-corrected chi connectivity index (χ4v) is 4.65. The molecule has 0 aromatic heterocycles. The Morgan fingerprint density at radius 3 is 2.36 bits per heavy atom. The number of hydrogen-bond donors (Lipinski definition) is 1. The first-order chi connectivity index (χ1) is 10.4. The number of primary sulfonamides is 1. The van der Waals surface area contributed by atoms with Gasteiger partial charge in [-0.3, -0.25) is 4.79 Å². The quantitative estimate of drug-likeness (QED) is 0.860. The molecule has 0 amide bonds. The molecule has 2 fully saturated rings. The summed E-state index contributed by atoms with van der Waals surface area (Å²) in [6.45, 7) is 2.21. The maximum atomic E-state index is 12.2. The summed E-state index contributed by atoms with van der Waals surface area (Å²) in [5, 5.41) is 5.13. The van der Waals surface area contributed by atoms with E-state index in [-0.39, 0.29) is 28.1 Å². The minimum absolute atomic E-state index is 0.0232. The molecule has 1 aromatic carbocycles. The number of sulfonamides is 1. The molecule has 0 unspecified atom stereocenters. The molecule has 2 atom stereocenters. The predicted molar refractivity (Wildman–Crippen MR) is 81.6 cm³/mol. The van der Waals surface area contributed by atoms with Gasteiger partial charge in [0.25, 0.3) is 0 Å². The molecule has 6 heteroatoms. The van der Waals surface area contributed by atoms with Gasteiger partial charge in [0.05, 0.1) is 17.4 Å². The first-order valence-corrected chi connectivity index (χ1v) is 9.24. The molecule has 0 heterocycles. The van der Waals surface area contributed by atoms with Gasteiger partial charge in [-0.25, -0.2) is 13.6 Å². The van der Waals surface area contributed by atoms with Crippen LogP contribution in [0.2, 0.25) is 0 Å². The number of rotatable bonds is 4. The van der Waals surface area contributed by atoms with Crippen LogP contribution in [0.15, 0.2) is 29.2 Å². The molecule has 5 nitrogen and oxygen atoms in total. The number of carbonyl (C=O) groups excluding carboxylic acids is 1. The topological polar surface area (TPSA) is 86.5 Å². The number of carbonyl (C=O) groups is 1. The van der Waals surface area contributed by atoms with E-state index in [1.54, 1.807) is 12.1 Å². The molecule has 3 rings (SSSR count). The molecule has 2 N–H and O–H groups in total. The Hall–Kier alpha value is -1.40. The number of esters is 1. The molecule has 120 valence electrons. The Labute approximate surface area is 130 Å². The van der Waals surface area contributed by atoms with E-state index in [0.717, 1.165) is 31.2 Å². The molecule has 1 spiro atoms. The third-order valence-corrected chi connectivity index (χ3v) is 6.03. The van der Waals surface area contributed by atoms with E-state index in [0.29, 0.717) is 6.61 Å². The van der Waals surface area contributed by atoms with Crippen LogP contribution in [0, 0.1) is 11.3 Å². The molecule has 0 saturated heterocycles. The van der Waals surface area contributed by atoms with Crippen molar-refractivity contribution in [3.8, 4) is 0 Å². The third kappa shape index (κ3) is 2.44. The normalized spacial score (nSPS) is 26.1. The van der Waals surface area contributed by atoms with Gasteiger partial charge in [-0.1, -0.05) is 25.0 Å². The Bertz CT molecular complexity index is 675. The SMILES string of the molecule is CCOC(=O)[C@H]1[C@H](c2ccc(S(N)(=O)=O)cc2)C12CCCC2. The number of nitrogens with two attached hydrogens (primary N) is 1. The van der Waals surface area contributed by atoms with Crippen molar-refractivity contribution in [1.82, 2.24) is 0 Å². The summed E-state index contributed by atoms with van der Waals surface area (Å²) in [6, 6.07) is 6.61. The van der Waals surface area contributed by atoms with Crippen molar-refractivity contribution < 1.29 is 17.9 Å². The predicted octanol–water partition coefficient (Wildman–Crippen LogP) is 2.17. The van der Waals surface area contributed by atoms with Crippen LogP contribution >= 0.6 is 0 Å². The second-order valence-corrected chi connectivity index (χ2v) is 7.82. The van der Waals surface area contributed by atoms with Gasteiger partial charge in [-0.2, -0.15) is 0 Å². The van der Waals surface area contributed by atoms with Gasteiger partial charge in [0.15, 0.2) is 0 Å². The Balaban J connectivity index is 1.88. The van der Waals surface area contributed by atoms with Gasteiger partial charge in [-0.15, -0.1) is 0 Å². The molecule has 0 radical (unpaired) electrons. The Morgan fingerprint density at radius 1 is 1.27 bits per heavy atom. The van der Waals surface area contributed by atoms with E-state index >= 15 is 0 Å². The van der Waals surface area contributed by atoms with Crippen LogP contribution in [0.4, 0.5) is 0 Å². The summed E-state index contributed by atoms with van der Waals surface area (Å²) in [6.07, 6.45) is 4.36. The van der Waals surface area contributed by atoms with E-state index in [1.165, 1.54) is 12.1 Å². The lowest BCUT2D eigenvalue weighted by Crippen LogP contribution is -2.12. The lowest BCUT2D eigenvalue weighted by atomic mass is 9.97. The molecule has 2 aliphatic carbocycles. The fraction of sp³-hybridized carbons (Fsp3) is 0.562. The average molecular weight is 323 g/mol. The van der Waals surface area contributed by atoms with Crippen molar-refractivity contribution in [2.45, 2.75) is 43.4 Å². The lowest BCUT2D eigenvalue weighted by molar-refractivity contribution is -0.145. The molecule has 1 aromatic rings. The minimum atomic E-state index is -3.68. The van der Waals surface area contributed by atoms with Gasteiger partial charge in [0.2, 0.25) is 10.0 Å².